The number of nitrogens with one attached hydrogen (secondary N) is 2. The van der Waals surface area contributed by atoms with Crippen LogP contribution in [0.4, 0.5) is 0 Å². The van der Waals surface area contributed by atoms with Gasteiger partial charge in [-0.3, -0.25) is 9.89 Å². The molecule has 6 nitrogen and oxygen atoms in total. The molecule has 18 heavy (non-hydrogen) atoms. The van der Waals surface area contributed by atoms with Crippen molar-refractivity contribution in [3.63, 3.8) is 0 Å². The monoisotopic (exact) mass is 248 g/mol. The van der Waals surface area contributed by atoms with Crippen LogP contribution in [-0.4, -0.2) is 48.2 Å². The highest BCUT2D eigenvalue weighted by Gasteiger charge is 2.16. The lowest BCUT2D eigenvalue weighted by atomic mass is 10.3. The number of carbonyl (C=O) groups is 1. The Hall–Kier alpha value is -2.08. The summed E-state index contributed by atoms with van der Waals surface area (Å²) in [5, 5.41) is 9.79. The highest BCUT2D eigenvalue weighted by atomic mass is 16.3. The summed E-state index contributed by atoms with van der Waals surface area (Å²) >= 11 is 0. The van der Waals surface area contributed by atoms with Crippen molar-refractivity contribution in [1.82, 2.24) is 20.4 Å². The van der Waals surface area contributed by atoms with E-state index in [0.717, 1.165) is 6.54 Å². The Labute approximate surface area is 105 Å². The van der Waals surface area contributed by atoms with Gasteiger partial charge in [0.25, 0.3) is 5.91 Å². The SMILES string of the molecule is CNCCN(C)C(=O)c1cc(-c2ccco2)[nH]n1. The van der Waals surface area contributed by atoms with Crippen LogP contribution in [0.3, 0.4) is 0 Å². The van der Waals surface area contributed by atoms with Gasteiger partial charge in [-0.1, -0.05) is 0 Å². The number of aromatic amines is 1. The van der Waals surface area contributed by atoms with Crippen LogP contribution >= 0.6 is 0 Å². The fourth-order valence-electron chi connectivity index (χ4n) is 1.57. The van der Waals surface area contributed by atoms with Crippen molar-refractivity contribution >= 4 is 5.91 Å². The Kier molecular flexibility index (Phi) is 3.78. The van der Waals surface area contributed by atoms with Crippen LogP contribution in [-0.2, 0) is 0 Å². The first-order chi connectivity index (χ1) is 8.72. The fourth-order valence-corrected chi connectivity index (χ4v) is 1.57. The number of likely N-dealkylation sites (N-methyl/N-ethyl adjacent to an activating group) is 2. The molecule has 2 aromatic rings. The van der Waals surface area contributed by atoms with Crippen molar-refractivity contribution in [3.05, 3.63) is 30.2 Å². The average Bonchev–Trinajstić information content (AvgIpc) is 3.04. The molecule has 0 atom stereocenters. The van der Waals surface area contributed by atoms with Gasteiger partial charge < -0.3 is 14.6 Å². The minimum absolute atomic E-state index is 0.112. The van der Waals surface area contributed by atoms with Crippen LogP contribution < -0.4 is 5.32 Å². The highest BCUT2D eigenvalue weighted by molar-refractivity contribution is 5.93. The molecule has 0 bridgehead atoms. The zero-order valence-corrected chi connectivity index (χ0v) is 10.4. The van der Waals surface area contributed by atoms with Crippen molar-refractivity contribution < 1.29 is 9.21 Å². The molecule has 6 heteroatoms. The summed E-state index contributed by atoms with van der Waals surface area (Å²) in [7, 11) is 3.60. The molecule has 0 spiro atoms. The second kappa shape index (κ2) is 5.50. The lowest BCUT2D eigenvalue weighted by molar-refractivity contribution is 0.0791. The molecule has 2 rings (SSSR count). The standard InChI is InChI=1S/C12H16N4O2/c1-13-5-6-16(2)12(17)10-8-9(14-15-10)11-4-3-7-18-11/h3-4,7-8,13H,5-6H2,1-2H3,(H,14,15). The van der Waals surface area contributed by atoms with Crippen molar-refractivity contribution in [3.8, 4) is 11.5 Å². The first kappa shape index (κ1) is 12.4. The Bertz CT molecular complexity index is 504. The predicted octanol–water partition coefficient (Wildman–Crippen LogP) is 0.961. The number of carbonyl (C=O) groups excluding carboxylic acids is 1. The van der Waals surface area contributed by atoms with E-state index < -0.39 is 0 Å². The van der Waals surface area contributed by atoms with Crippen LogP contribution in [0.25, 0.3) is 11.5 Å². The summed E-state index contributed by atoms with van der Waals surface area (Å²) in [6.07, 6.45) is 1.58. The highest BCUT2D eigenvalue weighted by Crippen LogP contribution is 2.18. The van der Waals surface area contributed by atoms with E-state index >= 15 is 0 Å². The zero-order valence-electron chi connectivity index (χ0n) is 10.4. The van der Waals surface area contributed by atoms with E-state index in [2.05, 4.69) is 15.5 Å². The molecular weight excluding hydrogens is 232 g/mol. The Morgan fingerprint density at radius 1 is 1.61 bits per heavy atom. The summed E-state index contributed by atoms with van der Waals surface area (Å²) in [4.78, 5) is 13.6. The lowest BCUT2D eigenvalue weighted by Crippen LogP contribution is -2.32. The van der Waals surface area contributed by atoms with Gasteiger partial charge in [-0.2, -0.15) is 5.10 Å². The van der Waals surface area contributed by atoms with Crippen molar-refractivity contribution in [1.29, 1.82) is 0 Å². The van der Waals surface area contributed by atoms with Crippen molar-refractivity contribution in [2.24, 2.45) is 0 Å². The van der Waals surface area contributed by atoms with E-state index in [0.29, 0.717) is 23.7 Å². The number of hydrogen-bond acceptors (Lipinski definition) is 4. The van der Waals surface area contributed by atoms with Crippen LogP contribution in [0.5, 0.6) is 0 Å². The molecule has 2 heterocycles. The molecule has 0 saturated carbocycles. The summed E-state index contributed by atoms with van der Waals surface area (Å²) in [5.74, 6) is 0.554. The second-order valence-electron chi connectivity index (χ2n) is 3.97. The van der Waals surface area contributed by atoms with E-state index in [9.17, 15) is 4.79 Å². The predicted molar refractivity (Wildman–Crippen MR) is 67.2 cm³/mol. The smallest absolute Gasteiger partial charge is 0.274 e. The molecule has 96 valence electrons. The molecule has 0 aliphatic carbocycles. The van der Waals surface area contributed by atoms with Gasteiger partial charge in [0.1, 0.15) is 5.69 Å². The van der Waals surface area contributed by atoms with Gasteiger partial charge in [0, 0.05) is 26.2 Å². The lowest BCUT2D eigenvalue weighted by Gasteiger charge is -2.14. The molecule has 0 saturated heterocycles. The third-order valence-corrected chi connectivity index (χ3v) is 2.63. The molecule has 0 aliphatic heterocycles. The zero-order chi connectivity index (χ0) is 13.0. The van der Waals surface area contributed by atoms with Crippen LogP contribution in [0.15, 0.2) is 28.9 Å². The molecule has 2 aromatic heterocycles. The van der Waals surface area contributed by atoms with Gasteiger partial charge in [0.05, 0.1) is 6.26 Å². The summed E-state index contributed by atoms with van der Waals surface area (Å²) in [6, 6.07) is 5.29. The van der Waals surface area contributed by atoms with Gasteiger partial charge >= 0.3 is 0 Å². The number of furan rings is 1. The van der Waals surface area contributed by atoms with Crippen molar-refractivity contribution in [2.75, 3.05) is 27.2 Å². The average molecular weight is 248 g/mol. The summed E-state index contributed by atoms with van der Waals surface area (Å²) in [5.41, 5.74) is 1.09. The fraction of sp³-hybridized carbons (Fsp3) is 0.333. The number of amides is 1. The van der Waals surface area contributed by atoms with E-state index in [1.54, 1.807) is 30.3 Å². The normalized spacial score (nSPS) is 10.6. The first-order valence-electron chi connectivity index (χ1n) is 5.71. The number of H-pyrrole nitrogens is 1. The van der Waals surface area contributed by atoms with Crippen LogP contribution in [0, 0.1) is 0 Å². The first-order valence-corrected chi connectivity index (χ1v) is 5.71. The maximum atomic E-state index is 12.0. The summed E-state index contributed by atoms with van der Waals surface area (Å²) in [6.45, 7) is 1.38. The van der Waals surface area contributed by atoms with Crippen LogP contribution in [0.2, 0.25) is 0 Å². The van der Waals surface area contributed by atoms with E-state index in [-0.39, 0.29) is 5.91 Å². The molecule has 0 aliphatic rings. The van der Waals surface area contributed by atoms with Gasteiger partial charge in [-0.25, -0.2) is 0 Å². The number of rotatable bonds is 5. The molecule has 0 unspecified atom stereocenters. The van der Waals surface area contributed by atoms with E-state index in [4.69, 9.17) is 4.42 Å². The largest absolute Gasteiger partial charge is 0.463 e. The number of nitrogens with zero attached hydrogens (tertiary/aromatic N) is 2. The van der Waals surface area contributed by atoms with E-state index in [1.165, 1.54) is 0 Å². The Morgan fingerprint density at radius 2 is 2.44 bits per heavy atom. The maximum Gasteiger partial charge on any atom is 0.274 e. The minimum Gasteiger partial charge on any atom is -0.463 e. The van der Waals surface area contributed by atoms with Gasteiger partial charge in [0.15, 0.2) is 11.5 Å². The molecule has 0 fully saturated rings. The third kappa shape index (κ3) is 2.60. The van der Waals surface area contributed by atoms with Gasteiger partial charge in [0.2, 0.25) is 0 Å². The van der Waals surface area contributed by atoms with Gasteiger partial charge in [-0.05, 0) is 19.2 Å². The molecule has 0 radical (unpaired) electrons. The minimum atomic E-state index is -0.112. The Balaban J connectivity index is 2.08. The summed E-state index contributed by atoms with van der Waals surface area (Å²) < 4.78 is 5.23. The maximum absolute atomic E-state index is 12.0. The van der Waals surface area contributed by atoms with Crippen molar-refractivity contribution in [2.45, 2.75) is 0 Å². The van der Waals surface area contributed by atoms with Gasteiger partial charge in [-0.15, -0.1) is 0 Å². The molecule has 0 aromatic carbocycles. The van der Waals surface area contributed by atoms with E-state index in [1.807, 2.05) is 13.1 Å². The number of hydrogen-bond donors (Lipinski definition) is 2. The molecular formula is C12H16N4O2. The third-order valence-electron chi connectivity index (χ3n) is 2.63. The quantitative estimate of drug-likeness (QED) is 0.826. The Morgan fingerprint density at radius 3 is 3.11 bits per heavy atom. The molecule has 1 amide bonds. The van der Waals surface area contributed by atoms with Crippen LogP contribution in [0.1, 0.15) is 10.5 Å². The molecule has 2 N–H and O–H groups in total. The number of aromatic nitrogens is 2. The second-order valence-corrected chi connectivity index (χ2v) is 3.97. The topological polar surface area (TPSA) is 74.2 Å².